The van der Waals surface area contributed by atoms with E-state index in [-0.39, 0.29) is 47.3 Å². The highest BCUT2D eigenvalue weighted by Gasteiger charge is 2.67. The number of piperazine rings is 1. The second-order valence-corrected chi connectivity index (χ2v) is 19.4. The molecule has 2 saturated carbocycles. The number of halogens is 1. The molecule has 7 aliphatic rings. The van der Waals surface area contributed by atoms with E-state index >= 15 is 0 Å². The lowest BCUT2D eigenvalue weighted by atomic mass is 9.49. The Bertz CT molecular complexity index is 2430. The predicted octanol–water partition coefficient (Wildman–Crippen LogP) is 5.38. The number of ether oxygens (including phenoxy) is 1. The van der Waals surface area contributed by atoms with Gasteiger partial charge in [-0.3, -0.25) is 39.1 Å². The van der Waals surface area contributed by atoms with Crippen molar-refractivity contribution < 1.29 is 28.7 Å². The number of imide groups is 2. The molecule has 14 heteroatoms. The van der Waals surface area contributed by atoms with Gasteiger partial charge in [0.15, 0.2) is 0 Å². The number of fused-ring (bicyclic) bond motifs is 2. The molecule has 5 aliphatic heterocycles. The third-order valence-corrected chi connectivity index (χ3v) is 15.2. The van der Waals surface area contributed by atoms with E-state index in [1.54, 1.807) is 24.3 Å². The summed E-state index contributed by atoms with van der Waals surface area (Å²) in [5, 5.41) is 11.9. The van der Waals surface area contributed by atoms with Crippen LogP contribution in [-0.4, -0.2) is 107 Å². The average Bonchev–Trinajstić information content (AvgIpc) is 3.63. The number of nitrogens with zero attached hydrogens (tertiary/aromatic N) is 6. The molecular weight excluding hydrogens is 782 g/mol. The topological polar surface area (TPSA) is 147 Å². The Hall–Kier alpha value is -5.45. The summed E-state index contributed by atoms with van der Waals surface area (Å²) in [6, 6.07) is 18.4. The van der Waals surface area contributed by atoms with Crippen molar-refractivity contribution >= 4 is 52.5 Å². The molecule has 5 amide bonds. The summed E-state index contributed by atoms with van der Waals surface area (Å²) in [5.41, 5.74) is 4.29. The quantitative estimate of drug-likeness (QED) is 0.308. The van der Waals surface area contributed by atoms with Gasteiger partial charge in [-0.2, -0.15) is 5.26 Å². The van der Waals surface area contributed by atoms with Gasteiger partial charge in [0, 0.05) is 97.1 Å². The zero-order valence-corrected chi connectivity index (χ0v) is 35.1. The molecule has 1 atom stereocenters. The zero-order chi connectivity index (χ0) is 42.0. The number of carbonyl (C=O) groups is 5. The lowest BCUT2D eigenvalue weighted by Gasteiger charge is -2.65. The van der Waals surface area contributed by atoms with Crippen molar-refractivity contribution in [2.75, 3.05) is 42.5 Å². The summed E-state index contributed by atoms with van der Waals surface area (Å²) in [6.07, 6.45) is 3.21. The number of nitriles is 1. The Kier molecular flexibility index (Phi) is 8.73. The van der Waals surface area contributed by atoms with E-state index < -0.39 is 29.7 Å². The van der Waals surface area contributed by atoms with Gasteiger partial charge in [-0.05, 0) is 79.8 Å². The van der Waals surface area contributed by atoms with Gasteiger partial charge in [0.25, 0.3) is 17.7 Å². The standard InChI is InChI=1S/C46H48ClN7O6/c1-44(2)42(45(3,4)43(44)60-31-8-5-26(24-48)35(47)21-31)52-25-27-19-28(6-9-32(27)39(52)57)50-15-17-51(18-16-50)30-22-46(23-30)13-14-53(46)29-7-10-33-34(20-29)41(59)54(40(33)58)36-11-12-37(55)49-38(36)56/h5-10,19-21,30,36,42-43H,11-18,22-23,25H2,1-4H3,(H,49,55,56)/t30?,36?,42-,43-,46?. The third kappa shape index (κ3) is 5.70. The van der Waals surface area contributed by atoms with Crippen LogP contribution in [0.3, 0.4) is 0 Å². The van der Waals surface area contributed by atoms with Crippen molar-refractivity contribution in [1.29, 1.82) is 5.26 Å². The second kappa shape index (κ2) is 13.5. The number of hydrogen-bond donors (Lipinski definition) is 1. The van der Waals surface area contributed by atoms with Crippen LogP contribution in [0.15, 0.2) is 54.6 Å². The van der Waals surface area contributed by atoms with Crippen LogP contribution < -0.4 is 19.9 Å². The molecule has 1 spiro atoms. The number of piperidine rings is 1. The van der Waals surface area contributed by atoms with E-state index in [4.69, 9.17) is 16.3 Å². The molecule has 5 fully saturated rings. The fourth-order valence-corrected chi connectivity index (χ4v) is 12.4. The highest BCUT2D eigenvalue weighted by molar-refractivity contribution is 6.31. The summed E-state index contributed by atoms with van der Waals surface area (Å²) < 4.78 is 6.51. The molecule has 5 heterocycles. The van der Waals surface area contributed by atoms with Crippen LogP contribution in [-0.2, 0) is 16.1 Å². The summed E-state index contributed by atoms with van der Waals surface area (Å²) in [6.45, 7) is 13.8. The Morgan fingerprint density at radius 1 is 0.800 bits per heavy atom. The van der Waals surface area contributed by atoms with Crippen LogP contribution in [0.25, 0.3) is 0 Å². The molecular formula is C46H48ClN7O6. The Morgan fingerprint density at radius 2 is 1.50 bits per heavy atom. The normalized spacial score (nSPS) is 26.6. The number of amides is 5. The van der Waals surface area contributed by atoms with Gasteiger partial charge in [-0.1, -0.05) is 39.3 Å². The Morgan fingerprint density at radius 3 is 2.17 bits per heavy atom. The zero-order valence-electron chi connectivity index (χ0n) is 34.3. The van der Waals surface area contributed by atoms with Gasteiger partial charge in [-0.15, -0.1) is 0 Å². The van der Waals surface area contributed by atoms with E-state index in [0.717, 1.165) is 79.4 Å². The maximum Gasteiger partial charge on any atom is 0.262 e. The molecule has 310 valence electrons. The van der Waals surface area contributed by atoms with E-state index in [2.05, 4.69) is 65.9 Å². The first-order chi connectivity index (χ1) is 28.6. The van der Waals surface area contributed by atoms with Crippen LogP contribution in [0.2, 0.25) is 5.02 Å². The fourth-order valence-electron chi connectivity index (χ4n) is 12.2. The molecule has 13 nitrogen and oxygen atoms in total. The summed E-state index contributed by atoms with van der Waals surface area (Å²) >= 11 is 6.31. The first kappa shape index (κ1) is 38.7. The minimum absolute atomic E-state index is 0.0382. The SMILES string of the molecule is CC1(C)[C@H](Oc2ccc(C#N)c(Cl)c2)C(C)(C)[C@H]1N1Cc2cc(N3CCN(C4CC5(CCN5c5ccc6c(c5)C(=O)N(C5CCC(=O)NC5=O)C6=O)C4)CC3)ccc2C1=O. The van der Waals surface area contributed by atoms with Gasteiger partial charge in [0.05, 0.1) is 21.7 Å². The molecule has 0 aromatic heterocycles. The monoisotopic (exact) mass is 829 g/mol. The highest BCUT2D eigenvalue weighted by Crippen LogP contribution is 2.59. The van der Waals surface area contributed by atoms with Crippen LogP contribution in [0.4, 0.5) is 11.4 Å². The summed E-state index contributed by atoms with van der Waals surface area (Å²) in [7, 11) is 0. The van der Waals surface area contributed by atoms with Crippen molar-refractivity contribution in [3.05, 3.63) is 87.4 Å². The van der Waals surface area contributed by atoms with Crippen LogP contribution >= 0.6 is 11.6 Å². The van der Waals surface area contributed by atoms with Gasteiger partial charge >= 0.3 is 0 Å². The lowest BCUT2D eigenvalue weighted by Crippen LogP contribution is -2.74. The Labute approximate surface area is 354 Å². The van der Waals surface area contributed by atoms with Gasteiger partial charge < -0.3 is 19.4 Å². The van der Waals surface area contributed by atoms with E-state index in [9.17, 15) is 29.2 Å². The van der Waals surface area contributed by atoms with Gasteiger partial charge in [0.1, 0.15) is 24.0 Å². The van der Waals surface area contributed by atoms with E-state index in [0.29, 0.717) is 40.0 Å². The first-order valence-corrected chi connectivity index (χ1v) is 21.4. The Balaban J connectivity index is 0.748. The highest BCUT2D eigenvalue weighted by atomic mass is 35.5. The predicted molar refractivity (Wildman–Crippen MR) is 223 cm³/mol. The minimum Gasteiger partial charge on any atom is -0.489 e. The van der Waals surface area contributed by atoms with Crippen molar-refractivity contribution in [1.82, 2.24) is 20.0 Å². The van der Waals surface area contributed by atoms with Crippen molar-refractivity contribution in [3.8, 4) is 11.8 Å². The molecule has 3 saturated heterocycles. The molecule has 1 N–H and O–H groups in total. The average molecular weight is 830 g/mol. The molecule has 0 bridgehead atoms. The smallest absolute Gasteiger partial charge is 0.262 e. The van der Waals surface area contributed by atoms with Gasteiger partial charge in [-0.25, -0.2) is 0 Å². The number of rotatable bonds is 7. The van der Waals surface area contributed by atoms with Crippen LogP contribution in [0.1, 0.15) is 102 Å². The number of carbonyl (C=O) groups excluding carboxylic acids is 5. The molecule has 3 aromatic carbocycles. The maximum atomic E-state index is 14.0. The fraction of sp³-hybridized carbons (Fsp3) is 0.478. The third-order valence-electron chi connectivity index (χ3n) is 14.8. The van der Waals surface area contributed by atoms with E-state index in [1.165, 1.54) is 0 Å². The van der Waals surface area contributed by atoms with E-state index in [1.807, 2.05) is 23.1 Å². The lowest BCUT2D eigenvalue weighted by molar-refractivity contribution is -0.199. The number of nitrogens with one attached hydrogen (secondary N) is 1. The minimum atomic E-state index is -0.976. The maximum absolute atomic E-state index is 14.0. The first-order valence-electron chi connectivity index (χ1n) is 21.0. The van der Waals surface area contributed by atoms with Crippen LogP contribution in [0.5, 0.6) is 5.75 Å². The number of anilines is 2. The van der Waals surface area contributed by atoms with Crippen molar-refractivity contribution in [2.45, 2.75) is 96.1 Å². The molecule has 1 unspecified atom stereocenters. The molecule has 60 heavy (non-hydrogen) atoms. The number of hydrogen-bond acceptors (Lipinski definition) is 10. The summed E-state index contributed by atoms with van der Waals surface area (Å²) in [5.74, 6) is -1.28. The van der Waals surface area contributed by atoms with Gasteiger partial charge in [0.2, 0.25) is 11.8 Å². The second-order valence-electron chi connectivity index (χ2n) is 19.0. The van der Waals surface area contributed by atoms with Crippen molar-refractivity contribution in [3.63, 3.8) is 0 Å². The number of benzene rings is 3. The molecule has 10 rings (SSSR count). The molecule has 3 aromatic rings. The summed E-state index contributed by atoms with van der Waals surface area (Å²) in [4.78, 5) is 75.4. The molecule has 0 radical (unpaired) electrons. The largest absolute Gasteiger partial charge is 0.489 e. The van der Waals surface area contributed by atoms with Crippen LogP contribution in [0, 0.1) is 22.2 Å². The molecule has 2 aliphatic carbocycles. The van der Waals surface area contributed by atoms with Crippen molar-refractivity contribution in [2.24, 2.45) is 10.8 Å².